The van der Waals surface area contributed by atoms with E-state index in [1.165, 1.54) is 0 Å². The summed E-state index contributed by atoms with van der Waals surface area (Å²) >= 11 is 5.87. The van der Waals surface area contributed by atoms with Crippen LogP contribution in [0.25, 0.3) is 6.08 Å². The van der Waals surface area contributed by atoms with Crippen molar-refractivity contribution in [3.05, 3.63) is 40.4 Å². The highest BCUT2D eigenvalue weighted by molar-refractivity contribution is 6.32. The topological polar surface area (TPSA) is 23.8 Å². The Morgan fingerprint density at radius 1 is 1.50 bits per heavy atom. The number of allylic oxidation sites excluding steroid dienone is 1. The third kappa shape index (κ3) is 2.11. The van der Waals surface area contributed by atoms with E-state index in [1.54, 1.807) is 19.1 Å². The first kappa shape index (κ1) is 8.83. The van der Waals surface area contributed by atoms with Crippen LogP contribution in [0.15, 0.2) is 29.8 Å². The van der Waals surface area contributed by atoms with Crippen LogP contribution in [0.2, 0.25) is 5.02 Å². The lowest BCUT2D eigenvalue weighted by Gasteiger charge is -1.95. The molecule has 60 valence electrons. The highest BCUT2D eigenvalue weighted by Gasteiger charge is 1.94. The Balaban J connectivity index is 3.06. The van der Waals surface area contributed by atoms with Crippen molar-refractivity contribution in [2.45, 2.75) is 6.92 Å². The Kier molecular flexibility index (Phi) is 2.90. The van der Waals surface area contributed by atoms with E-state index in [1.807, 2.05) is 24.3 Å². The van der Waals surface area contributed by atoms with Crippen molar-refractivity contribution in [1.29, 1.82) is 5.26 Å². The van der Waals surface area contributed by atoms with Gasteiger partial charge in [-0.25, -0.2) is 0 Å². The average Bonchev–Trinajstić information content (AvgIpc) is 2.09. The molecular formula is C10H8ClN. The van der Waals surface area contributed by atoms with Gasteiger partial charge in [-0.3, -0.25) is 0 Å². The molecule has 0 saturated carbocycles. The van der Waals surface area contributed by atoms with Gasteiger partial charge < -0.3 is 0 Å². The Morgan fingerprint density at radius 3 is 2.75 bits per heavy atom. The van der Waals surface area contributed by atoms with E-state index < -0.39 is 0 Å². The number of nitriles is 1. The van der Waals surface area contributed by atoms with Gasteiger partial charge in [0.25, 0.3) is 0 Å². The largest absolute Gasteiger partial charge is 0.193 e. The summed E-state index contributed by atoms with van der Waals surface area (Å²) in [6.45, 7) is 1.75. The number of benzene rings is 1. The van der Waals surface area contributed by atoms with Crippen molar-refractivity contribution in [2.75, 3.05) is 0 Å². The Morgan fingerprint density at radius 2 is 2.17 bits per heavy atom. The molecule has 0 fully saturated rings. The molecule has 1 aromatic rings. The number of halogens is 1. The number of hydrogen-bond acceptors (Lipinski definition) is 1. The average molecular weight is 178 g/mol. The van der Waals surface area contributed by atoms with Crippen molar-refractivity contribution < 1.29 is 0 Å². The van der Waals surface area contributed by atoms with E-state index in [4.69, 9.17) is 16.9 Å². The summed E-state index contributed by atoms with van der Waals surface area (Å²) in [5, 5.41) is 9.20. The van der Waals surface area contributed by atoms with Crippen LogP contribution in [-0.2, 0) is 0 Å². The molecule has 0 aliphatic heterocycles. The second-order valence-corrected chi connectivity index (χ2v) is 2.87. The Bertz CT molecular complexity index is 347. The molecular weight excluding hydrogens is 170 g/mol. The molecule has 0 unspecified atom stereocenters. The highest BCUT2D eigenvalue weighted by Crippen LogP contribution is 2.17. The first-order valence-electron chi connectivity index (χ1n) is 3.57. The molecule has 0 aromatic heterocycles. The standard InChI is InChI=1S/C10H8ClN/c1-8(7-12)6-9-4-2-3-5-10(9)11/h2-6H,1H3/b8-6+. The van der Waals surface area contributed by atoms with Gasteiger partial charge in [-0.15, -0.1) is 0 Å². The normalized spacial score (nSPS) is 10.9. The minimum Gasteiger partial charge on any atom is -0.193 e. The van der Waals surface area contributed by atoms with Crippen molar-refractivity contribution >= 4 is 17.7 Å². The van der Waals surface area contributed by atoms with Crippen molar-refractivity contribution in [3.8, 4) is 6.07 Å². The van der Waals surface area contributed by atoms with Crippen LogP contribution in [0, 0.1) is 11.3 Å². The molecule has 12 heavy (non-hydrogen) atoms. The summed E-state index contributed by atoms with van der Waals surface area (Å²) in [7, 11) is 0. The molecule has 1 aromatic carbocycles. The van der Waals surface area contributed by atoms with E-state index in [-0.39, 0.29) is 0 Å². The second-order valence-electron chi connectivity index (χ2n) is 2.46. The molecule has 0 aliphatic rings. The quantitative estimate of drug-likeness (QED) is 0.604. The number of hydrogen-bond donors (Lipinski definition) is 0. The van der Waals surface area contributed by atoms with Gasteiger partial charge in [0, 0.05) is 10.6 Å². The van der Waals surface area contributed by atoms with Gasteiger partial charge in [0.1, 0.15) is 0 Å². The molecule has 0 N–H and O–H groups in total. The predicted octanol–water partition coefficient (Wildman–Crippen LogP) is 3.27. The fourth-order valence-electron chi connectivity index (χ4n) is 0.858. The van der Waals surface area contributed by atoms with Crippen LogP contribution < -0.4 is 0 Å². The number of nitrogens with zero attached hydrogens (tertiary/aromatic N) is 1. The van der Waals surface area contributed by atoms with E-state index in [9.17, 15) is 0 Å². The van der Waals surface area contributed by atoms with Crippen LogP contribution in [0.4, 0.5) is 0 Å². The van der Waals surface area contributed by atoms with Gasteiger partial charge in [0.05, 0.1) is 6.07 Å². The van der Waals surface area contributed by atoms with Gasteiger partial charge in [-0.05, 0) is 24.6 Å². The minimum atomic E-state index is 0.656. The highest BCUT2D eigenvalue weighted by atomic mass is 35.5. The lowest BCUT2D eigenvalue weighted by atomic mass is 10.1. The van der Waals surface area contributed by atoms with Crippen molar-refractivity contribution in [1.82, 2.24) is 0 Å². The van der Waals surface area contributed by atoms with Crippen LogP contribution in [0.1, 0.15) is 12.5 Å². The fraction of sp³-hybridized carbons (Fsp3) is 0.100. The van der Waals surface area contributed by atoms with E-state index >= 15 is 0 Å². The first-order chi connectivity index (χ1) is 5.74. The van der Waals surface area contributed by atoms with Gasteiger partial charge >= 0.3 is 0 Å². The molecule has 1 nitrogen and oxygen atoms in total. The maximum absolute atomic E-state index is 8.53. The van der Waals surface area contributed by atoms with Crippen molar-refractivity contribution in [3.63, 3.8) is 0 Å². The smallest absolute Gasteiger partial charge is 0.0944 e. The third-order valence-corrected chi connectivity index (χ3v) is 1.80. The molecule has 1 rings (SSSR count). The monoisotopic (exact) mass is 177 g/mol. The molecule has 0 amide bonds. The van der Waals surface area contributed by atoms with Crippen LogP contribution in [-0.4, -0.2) is 0 Å². The zero-order valence-corrected chi connectivity index (χ0v) is 7.47. The van der Waals surface area contributed by atoms with Gasteiger partial charge in [0.15, 0.2) is 0 Å². The summed E-state index contributed by atoms with van der Waals surface area (Å²) in [5.41, 5.74) is 1.54. The fourth-order valence-corrected chi connectivity index (χ4v) is 1.05. The summed E-state index contributed by atoms with van der Waals surface area (Å²) < 4.78 is 0. The SMILES string of the molecule is C/C(C#N)=C\c1ccccc1Cl. The Labute approximate surface area is 76.9 Å². The summed E-state index contributed by atoms with van der Waals surface area (Å²) in [4.78, 5) is 0. The summed E-state index contributed by atoms with van der Waals surface area (Å²) in [6, 6.07) is 9.48. The second kappa shape index (κ2) is 3.94. The lowest BCUT2D eigenvalue weighted by Crippen LogP contribution is -1.75. The molecule has 0 spiro atoms. The lowest BCUT2D eigenvalue weighted by molar-refractivity contribution is 1.46. The van der Waals surface area contributed by atoms with Gasteiger partial charge in [-0.1, -0.05) is 29.8 Å². The van der Waals surface area contributed by atoms with Crippen molar-refractivity contribution in [2.24, 2.45) is 0 Å². The van der Waals surface area contributed by atoms with E-state index in [0.717, 1.165) is 5.56 Å². The molecule has 0 radical (unpaired) electrons. The Hall–Kier alpha value is -1.26. The molecule has 2 heteroatoms. The zero-order chi connectivity index (χ0) is 8.97. The summed E-state index contributed by atoms with van der Waals surface area (Å²) in [6.07, 6.45) is 1.77. The van der Waals surface area contributed by atoms with E-state index in [2.05, 4.69) is 0 Å². The van der Waals surface area contributed by atoms with Crippen LogP contribution in [0.5, 0.6) is 0 Å². The summed E-state index contributed by atoms with van der Waals surface area (Å²) in [5.74, 6) is 0. The minimum absolute atomic E-state index is 0.656. The van der Waals surface area contributed by atoms with Gasteiger partial charge in [-0.2, -0.15) is 5.26 Å². The maximum atomic E-state index is 8.53. The van der Waals surface area contributed by atoms with Gasteiger partial charge in [0.2, 0.25) is 0 Å². The molecule has 0 heterocycles. The van der Waals surface area contributed by atoms with Crippen LogP contribution in [0.3, 0.4) is 0 Å². The first-order valence-corrected chi connectivity index (χ1v) is 3.95. The van der Waals surface area contributed by atoms with E-state index in [0.29, 0.717) is 10.6 Å². The third-order valence-electron chi connectivity index (χ3n) is 1.45. The van der Waals surface area contributed by atoms with Crippen LogP contribution >= 0.6 is 11.6 Å². The molecule has 0 atom stereocenters. The zero-order valence-electron chi connectivity index (χ0n) is 6.71. The molecule has 0 aliphatic carbocycles. The predicted molar refractivity (Wildman–Crippen MR) is 50.7 cm³/mol. The molecule has 0 saturated heterocycles. The number of rotatable bonds is 1. The molecule has 0 bridgehead atoms. The maximum Gasteiger partial charge on any atom is 0.0944 e.